The Balaban J connectivity index is 2.58. The quantitative estimate of drug-likeness (QED) is 0.588. The molecule has 1 atom stereocenters. The summed E-state index contributed by atoms with van der Waals surface area (Å²) in [6.07, 6.45) is 7.85. The molecule has 1 heteroatoms. The van der Waals surface area contributed by atoms with Crippen molar-refractivity contribution in [3.05, 3.63) is 24.3 Å². The van der Waals surface area contributed by atoms with E-state index in [1.54, 1.807) is 0 Å². The van der Waals surface area contributed by atoms with Crippen LogP contribution in [0.3, 0.4) is 0 Å². The molecular weight excluding hydrogens is 124 g/mol. The largest absolute Gasteiger partial charge is 0.389 e. The van der Waals surface area contributed by atoms with Gasteiger partial charge in [0.25, 0.3) is 0 Å². The zero-order valence-corrected chi connectivity index (χ0v) is 6.21. The van der Waals surface area contributed by atoms with Gasteiger partial charge in [-0.1, -0.05) is 30.7 Å². The third kappa shape index (κ3) is 1.99. The fourth-order valence-corrected chi connectivity index (χ4v) is 1.27. The Kier molecular flexibility index (Phi) is 2.69. The zero-order valence-electron chi connectivity index (χ0n) is 6.21. The molecule has 0 bridgehead atoms. The normalized spacial score (nSPS) is 26.9. The first kappa shape index (κ1) is 7.55. The molecule has 0 aromatic heterocycles. The van der Waals surface area contributed by atoms with Crippen LogP contribution in [0, 0.1) is 0 Å². The summed E-state index contributed by atoms with van der Waals surface area (Å²) in [6.45, 7) is 3.68. The minimum Gasteiger partial charge on any atom is -0.389 e. The van der Waals surface area contributed by atoms with Gasteiger partial charge in [-0.05, 0) is 19.3 Å². The predicted octanol–water partition coefficient (Wildman–Crippen LogP) is 2.03. The van der Waals surface area contributed by atoms with Crippen molar-refractivity contribution in [3.8, 4) is 0 Å². The SMILES string of the molecule is C=CC1=CC(O)CCCC1. The van der Waals surface area contributed by atoms with Gasteiger partial charge in [0.15, 0.2) is 0 Å². The maximum absolute atomic E-state index is 9.27. The third-order valence-corrected chi connectivity index (χ3v) is 1.88. The van der Waals surface area contributed by atoms with Crippen LogP contribution in [-0.2, 0) is 0 Å². The van der Waals surface area contributed by atoms with Gasteiger partial charge in [0.1, 0.15) is 0 Å². The lowest BCUT2D eigenvalue weighted by atomic mass is 10.1. The maximum atomic E-state index is 9.27. The Labute approximate surface area is 62.1 Å². The van der Waals surface area contributed by atoms with E-state index in [0.29, 0.717) is 0 Å². The standard InChI is InChI=1S/C9H14O/c1-2-8-5-3-4-6-9(10)7-8/h2,7,9-10H,1,3-6H2. The molecule has 0 spiro atoms. The maximum Gasteiger partial charge on any atom is 0.0726 e. The summed E-state index contributed by atoms with van der Waals surface area (Å²) in [5.74, 6) is 0. The minimum absolute atomic E-state index is 0.226. The molecule has 0 saturated carbocycles. The molecule has 0 radical (unpaired) electrons. The van der Waals surface area contributed by atoms with E-state index in [1.165, 1.54) is 12.0 Å². The second-order valence-corrected chi connectivity index (χ2v) is 2.76. The van der Waals surface area contributed by atoms with Crippen LogP contribution < -0.4 is 0 Å². The van der Waals surface area contributed by atoms with Crippen molar-refractivity contribution in [1.82, 2.24) is 0 Å². The van der Waals surface area contributed by atoms with Gasteiger partial charge in [0.05, 0.1) is 6.10 Å². The Morgan fingerprint density at radius 2 is 2.40 bits per heavy atom. The zero-order chi connectivity index (χ0) is 7.40. The Morgan fingerprint density at radius 1 is 1.60 bits per heavy atom. The van der Waals surface area contributed by atoms with Crippen LogP contribution in [0.15, 0.2) is 24.3 Å². The molecule has 10 heavy (non-hydrogen) atoms. The topological polar surface area (TPSA) is 20.2 Å². The van der Waals surface area contributed by atoms with Crippen molar-refractivity contribution in [1.29, 1.82) is 0 Å². The molecule has 56 valence electrons. The molecule has 0 aromatic rings. The van der Waals surface area contributed by atoms with Gasteiger partial charge >= 0.3 is 0 Å². The Bertz CT molecular complexity index is 147. The lowest BCUT2D eigenvalue weighted by Crippen LogP contribution is -1.99. The van der Waals surface area contributed by atoms with E-state index in [2.05, 4.69) is 6.58 Å². The number of allylic oxidation sites excluding steroid dienone is 2. The summed E-state index contributed by atoms with van der Waals surface area (Å²) in [7, 11) is 0. The van der Waals surface area contributed by atoms with E-state index in [9.17, 15) is 5.11 Å². The van der Waals surface area contributed by atoms with Crippen molar-refractivity contribution in [2.45, 2.75) is 31.8 Å². The van der Waals surface area contributed by atoms with E-state index in [0.717, 1.165) is 19.3 Å². The van der Waals surface area contributed by atoms with Gasteiger partial charge in [-0.3, -0.25) is 0 Å². The molecule has 0 aromatic carbocycles. The molecule has 0 aliphatic heterocycles. The molecule has 1 aliphatic rings. The Hall–Kier alpha value is -0.560. The van der Waals surface area contributed by atoms with Crippen molar-refractivity contribution in [3.63, 3.8) is 0 Å². The molecule has 1 unspecified atom stereocenters. The number of aliphatic hydroxyl groups excluding tert-OH is 1. The van der Waals surface area contributed by atoms with Crippen LogP contribution in [0.1, 0.15) is 25.7 Å². The molecular formula is C9H14O. The molecule has 0 amide bonds. The first-order chi connectivity index (χ1) is 4.83. The number of aliphatic hydroxyl groups is 1. The van der Waals surface area contributed by atoms with Gasteiger partial charge in [0, 0.05) is 0 Å². The minimum atomic E-state index is -0.226. The highest BCUT2D eigenvalue weighted by atomic mass is 16.3. The molecule has 1 rings (SSSR count). The highest BCUT2D eigenvalue weighted by Gasteiger charge is 2.05. The first-order valence-electron chi connectivity index (χ1n) is 3.84. The highest BCUT2D eigenvalue weighted by molar-refractivity contribution is 5.18. The molecule has 0 saturated heterocycles. The van der Waals surface area contributed by atoms with E-state index < -0.39 is 0 Å². The molecule has 0 heterocycles. The lowest BCUT2D eigenvalue weighted by Gasteiger charge is -1.99. The Morgan fingerprint density at radius 3 is 3.10 bits per heavy atom. The number of hydrogen-bond acceptors (Lipinski definition) is 1. The summed E-state index contributed by atoms with van der Waals surface area (Å²) in [4.78, 5) is 0. The molecule has 1 aliphatic carbocycles. The average Bonchev–Trinajstić information content (AvgIpc) is 2.13. The summed E-state index contributed by atoms with van der Waals surface area (Å²) >= 11 is 0. The second-order valence-electron chi connectivity index (χ2n) is 2.76. The van der Waals surface area contributed by atoms with E-state index in [-0.39, 0.29) is 6.10 Å². The molecule has 1 nitrogen and oxygen atoms in total. The molecule has 1 N–H and O–H groups in total. The summed E-state index contributed by atoms with van der Waals surface area (Å²) in [6, 6.07) is 0. The fraction of sp³-hybridized carbons (Fsp3) is 0.556. The first-order valence-corrected chi connectivity index (χ1v) is 3.84. The van der Waals surface area contributed by atoms with E-state index in [4.69, 9.17) is 0 Å². The highest BCUT2D eigenvalue weighted by Crippen LogP contribution is 2.17. The van der Waals surface area contributed by atoms with Crippen LogP contribution in [-0.4, -0.2) is 11.2 Å². The van der Waals surface area contributed by atoms with E-state index >= 15 is 0 Å². The summed E-state index contributed by atoms with van der Waals surface area (Å²) < 4.78 is 0. The van der Waals surface area contributed by atoms with Gasteiger partial charge in [-0.2, -0.15) is 0 Å². The summed E-state index contributed by atoms with van der Waals surface area (Å²) in [5.41, 5.74) is 1.20. The van der Waals surface area contributed by atoms with Gasteiger partial charge in [-0.25, -0.2) is 0 Å². The van der Waals surface area contributed by atoms with E-state index in [1.807, 2.05) is 12.2 Å². The van der Waals surface area contributed by atoms with Crippen molar-refractivity contribution < 1.29 is 5.11 Å². The second kappa shape index (κ2) is 3.57. The van der Waals surface area contributed by atoms with Gasteiger partial charge in [-0.15, -0.1) is 0 Å². The molecule has 0 fully saturated rings. The predicted molar refractivity (Wildman–Crippen MR) is 42.8 cm³/mol. The number of rotatable bonds is 1. The van der Waals surface area contributed by atoms with Crippen LogP contribution in [0.2, 0.25) is 0 Å². The third-order valence-electron chi connectivity index (χ3n) is 1.88. The van der Waals surface area contributed by atoms with Gasteiger partial charge in [0.2, 0.25) is 0 Å². The fourth-order valence-electron chi connectivity index (χ4n) is 1.27. The van der Waals surface area contributed by atoms with Crippen LogP contribution in [0.25, 0.3) is 0 Å². The van der Waals surface area contributed by atoms with Crippen LogP contribution >= 0.6 is 0 Å². The average molecular weight is 138 g/mol. The summed E-state index contributed by atoms with van der Waals surface area (Å²) in [5, 5.41) is 9.27. The van der Waals surface area contributed by atoms with Crippen LogP contribution in [0.5, 0.6) is 0 Å². The smallest absolute Gasteiger partial charge is 0.0726 e. The monoisotopic (exact) mass is 138 g/mol. The van der Waals surface area contributed by atoms with Crippen molar-refractivity contribution in [2.24, 2.45) is 0 Å². The lowest BCUT2D eigenvalue weighted by molar-refractivity contribution is 0.211. The van der Waals surface area contributed by atoms with Crippen molar-refractivity contribution in [2.75, 3.05) is 0 Å². The van der Waals surface area contributed by atoms with Crippen LogP contribution in [0.4, 0.5) is 0 Å². The number of hydrogen-bond donors (Lipinski definition) is 1. The van der Waals surface area contributed by atoms with Crippen molar-refractivity contribution >= 4 is 0 Å². The van der Waals surface area contributed by atoms with Gasteiger partial charge < -0.3 is 5.11 Å².